The lowest BCUT2D eigenvalue weighted by Crippen LogP contribution is -2.27. The molecule has 0 saturated heterocycles. The van der Waals surface area contributed by atoms with E-state index in [0.29, 0.717) is 10.9 Å². The van der Waals surface area contributed by atoms with Crippen LogP contribution >= 0.6 is 23.1 Å². The predicted molar refractivity (Wildman–Crippen MR) is 98.3 cm³/mol. The van der Waals surface area contributed by atoms with Gasteiger partial charge < -0.3 is 0 Å². The van der Waals surface area contributed by atoms with Gasteiger partial charge in [-0.1, -0.05) is 48.5 Å². The zero-order chi connectivity index (χ0) is 15.9. The fourth-order valence-corrected chi connectivity index (χ4v) is 3.67. The van der Waals surface area contributed by atoms with Gasteiger partial charge in [0.25, 0.3) is 0 Å². The Balaban J connectivity index is 1.69. The number of rotatable bonds is 6. The Labute approximate surface area is 144 Å². The van der Waals surface area contributed by atoms with Crippen molar-refractivity contribution in [2.24, 2.45) is 0 Å². The van der Waals surface area contributed by atoms with E-state index in [9.17, 15) is 4.79 Å². The molecule has 2 aromatic carbocycles. The molecule has 0 bridgehead atoms. The molecule has 5 heteroatoms. The van der Waals surface area contributed by atoms with E-state index in [-0.39, 0.29) is 5.91 Å². The van der Waals surface area contributed by atoms with E-state index >= 15 is 0 Å². The van der Waals surface area contributed by atoms with Crippen LogP contribution in [0.2, 0.25) is 0 Å². The van der Waals surface area contributed by atoms with Gasteiger partial charge in [0.1, 0.15) is 0 Å². The monoisotopic (exact) mass is 340 g/mol. The van der Waals surface area contributed by atoms with Gasteiger partial charge in [-0.15, -0.1) is 23.1 Å². The third kappa shape index (κ3) is 4.21. The second-order valence-electron chi connectivity index (χ2n) is 4.86. The number of aromatic nitrogens is 1. The highest BCUT2D eigenvalue weighted by Crippen LogP contribution is 2.28. The number of carbonyl (C=O) groups is 1. The van der Waals surface area contributed by atoms with Gasteiger partial charge in [-0.2, -0.15) is 0 Å². The molecule has 116 valence electrons. The first kappa shape index (κ1) is 15.8. The van der Waals surface area contributed by atoms with E-state index in [2.05, 4.69) is 17.1 Å². The van der Waals surface area contributed by atoms with E-state index in [1.165, 1.54) is 16.9 Å². The van der Waals surface area contributed by atoms with Crippen molar-refractivity contribution in [2.45, 2.75) is 5.75 Å². The normalized spacial score (nSPS) is 10.4. The van der Waals surface area contributed by atoms with Crippen LogP contribution in [0.15, 0.2) is 72.2 Å². The number of thiazole rings is 1. The van der Waals surface area contributed by atoms with Crippen molar-refractivity contribution in [2.75, 3.05) is 10.7 Å². The maximum Gasteiger partial charge on any atom is 0.243 e. The van der Waals surface area contributed by atoms with Gasteiger partial charge >= 0.3 is 0 Å². The topological polar surface area (TPSA) is 33.2 Å². The van der Waals surface area contributed by atoms with Crippen LogP contribution < -0.4 is 4.90 Å². The summed E-state index contributed by atoms with van der Waals surface area (Å²) >= 11 is 3.09. The molecule has 23 heavy (non-hydrogen) atoms. The number of anilines is 2. The van der Waals surface area contributed by atoms with E-state index in [1.807, 2.05) is 53.9 Å². The largest absolute Gasteiger partial charge is 0.273 e. The van der Waals surface area contributed by atoms with Crippen LogP contribution in [0.3, 0.4) is 0 Å². The van der Waals surface area contributed by atoms with Gasteiger partial charge in [0.15, 0.2) is 5.13 Å². The number of thioether (sulfide) groups is 1. The van der Waals surface area contributed by atoms with E-state index in [4.69, 9.17) is 0 Å². The van der Waals surface area contributed by atoms with Crippen LogP contribution in [0.5, 0.6) is 0 Å². The first-order chi connectivity index (χ1) is 11.3. The van der Waals surface area contributed by atoms with Gasteiger partial charge in [-0.25, -0.2) is 4.98 Å². The minimum absolute atomic E-state index is 0.0482. The molecule has 0 aliphatic rings. The number of amides is 1. The molecule has 0 spiro atoms. The van der Waals surface area contributed by atoms with Gasteiger partial charge in [0, 0.05) is 17.3 Å². The zero-order valence-corrected chi connectivity index (χ0v) is 14.1. The lowest BCUT2D eigenvalue weighted by atomic mass is 10.2. The summed E-state index contributed by atoms with van der Waals surface area (Å²) in [5.74, 6) is 1.29. The van der Waals surface area contributed by atoms with Crippen molar-refractivity contribution in [1.82, 2.24) is 4.98 Å². The first-order valence-electron chi connectivity index (χ1n) is 7.24. The number of nitrogens with zero attached hydrogens (tertiary/aromatic N) is 2. The number of para-hydroxylation sites is 1. The Bertz CT molecular complexity index is 730. The van der Waals surface area contributed by atoms with E-state index in [0.717, 1.165) is 11.4 Å². The second kappa shape index (κ2) is 7.94. The highest BCUT2D eigenvalue weighted by molar-refractivity contribution is 7.99. The molecule has 0 unspecified atom stereocenters. The minimum Gasteiger partial charge on any atom is -0.273 e. The zero-order valence-electron chi connectivity index (χ0n) is 12.5. The Morgan fingerprint density at radius 2 is 1.74 bits per heavy atom. The lowest BCUT2D eigenvalue weighted by Gasteiger charge is -2.19. The number of carbonyl (C=O) groups excluding carboxylic acids is 1. The van der Waals surface area contributed by atoms with E-state index < -0.39 is 0 Å². The maximum absolute atomic E-state index is 12.7. The second-order valence-corrected chi connectivity index (χ2v) is 6.72. The molecule has 0 aliphatic carbocycles. The van der Waals surface area contributed by atoms with Gasteiger partial charge in [-0.3, -0.25) is 9.69 Å². The van der Waals surface area contributed by atoms with Gasteiger partial charge in [-0.05, 0) is 17.7 Å². The van der Waals surface area contributed by atoms with Crippen LogP contribution in [0, 0.1) is 0 Å². The third-order valence-corrected chi connectivity index (χ3v) is 4.96. The Kier molecular flexibility index (Phi) is 5.45. The molecule has 0 fully saturated rings. The average Bonchev–Trinajstić information content (AvgIpc) is 3.11. The summed E-state index contributed by atoms with van der Waals surface area (Å²) in [6, 6.07) is 19.9. The smallest absolute Gasteiger partial charge is 0.243 e. The van der Waals surface area contributed by atoms with Crippen LogP contribution in [-0.2, 0) is 10.5 Å². The summed E-state index contributed by atoms with van der Waals surface area (Å²) in [7, 11) is 0. The molecule has 3 nitrogen and oxygen atoms in total. The molecule has 1 aromatic heterocycles. The summed E-state index contributed by atoms with van der Waals surface area (Å²) in [5.41, 5.74) is 2.08. The molecular formula is C18H16N2OS2. The van der Waals surface area contributed by atoms with Crippen molar-refractivity contribution < 1.29 is 4.79 Å². The summed E-state index contributed by atoms with van der Waals surface area (Å²) in [6.45, 7) is 0. The number of hydrogen-bond donors (Lipinski definition) is 0. The standard InChI is InChI=1S/C18H16N2OS2/c21-17(14-22-13-15-7-3-1-4-8-15)20(18-19-11-12-23-18)16-9-5-2-6-10-16/h1-12H,13-14H2. The Morgan fingerprint density at radius 3 is 2.39 bits per heavy atom. The fraction of sp³-hybridized carbons (Fsp3) is 0.111. The Hall–Kier alpha value is -2.11. The first-order valence-corrected chi connectivity index (χ1v) is 9.27. The number of benzene rings is 2. The number of hydrogen-bond acceptors (Lipinski definition) is 4. The molecular weight excluding hydrogens is 324 g/mol. The average molecular weight is 340 g/mol. The Morgan fingerprint density at radius 1 is 1.04 bits per heavy atom. The van der Waals surface area contributed by atoms with Crippen LogP contribution in [0.25, 0.3) is 0 Å². The highest BCUT2D eigenvalue weighted by atomic mass is 32.2. The van der Waals surface area contributed by atoms with Crippen molar-refractivity contribution in [3.63, 3.8) is 0 Å². The minimum atomic E-state index is 0.0482. The van der Waals surface area contributed by atoms with Crippen molar-refractivity contribution >= 4 is 39.8 Å². The third-order valence-electron chi connectivity index (χ3n) is 3.21. The molecule has 1 heterocycles. The predicted octanol–water partition coefficient (Wildman–Crippen LogP) is 4.74. The van der Waals surface area contributed by atoms with Crippen LogP contribution in [0.1, 0.15) is 5.56 Å². The summed E-state index contributed by atoms with van der Waals surface area (Å²) in [4.78, 5) is 18.7. The van der Waals surface area contributed by atoms with Crippen molar-refractivity contribution in [3.05, 3.63) is 77.8 Å². The highest BCUT2D eigenvalue weighted by Gasteiger charge is 2.19. The summed E-state index contributed by atoms with van der Waals surface area (Å²) < 4.78 is 0. The van der Waals surface area contributed by atoms with Gasteiger partial charge in [0.2, 0.25) is 5.91 Å². The van der Waals surface area contributed by atoms with Crippen LogP contribution in [0.4, 0.5) is 10.8 Å². The quantitative estimate of drug-likeness (QED) is 0.650. The van der Waals surface area contributed by atoms with E-state index in [1.54, 1.807) is 22.9 Å². The summed E-state index contributed by atoms with van der Waals surface area (Å²) in [5, 5.41) is 2.59. The molecule has 0 saturated carbocycles. The lowest BCUT2D eigenvalue weighted by molar-refractivity contribution is -0.115. The molecule has 0 radical (unpaired) electrons. The molecule has 3 aromatic rings. The molecule has 1 amide bonds. The maximum atomic E-state index is 12.7. The van der Waals surface area contributed by atoms with Crippen molar-refractivity contribution in [3.8, 4) is 0 Å². The molecule has 3 rings (SSSR count). The SMILES string of the molecule is O=C(CSCc1ccccc1)N(c1ccccc1)c1nccs1. The molecule has 0 N–H and O–H groups in total. The molecule has 0 aliphatic heterocycles. The molecule has 0 atom stereocenters. The van der Waals surface area contributed by atoms with Crippen molar-refractivity contribution in [1.29, 1.82) is 0 Å². The van der Waals surface area contributed by atoms with Gasteiger partial charge in [0.05, 0.1) is 11.4 Å². The van der Waals surface area contributed by atoms with Crippen LogP contribution in [-0.4, -0.2) is 16.6 Å². The summed E-state index contributed by atoms with van der Waals surface area (Å²) in [6.07, 6.45) is 1.72. The fourth-order valence-electron chi connectivity index (χ4n) is 2.16.